The van der Waals surface area contributed by atoms with Gasteiger partial charge in [-0.2, -0.15) is 0 Å². The van der Waals surface area contributed by atoms with E-state index in [0.717, 1.165) is 5.56 Å². The second-order valence-electron chi connectivity index (χ2n) is 5.61. The van der Waals surface area contributed by atoms with Crippen LogP contribution in [0.3, 0.4) is 0 Å². The molecule has 0 aliphatic heterocycles. The summed E-state index contributed by atoms with van der Waals surface area (Å²) in [5.74, 6) is 0. The normalized spacial score (nSPS) is 12.6. The van der Waals surface area contributed by atoms with E-state index in [9.17, 15) is 8.42 Å². The minimum atomic E-state index is -3.53. The van der Waals surface area contributed by atoms with E-state index in [1.165, 1.54) is 6.33 Å². The van der Waals surface area contributed by atoms with Crippen LogP contribution in [0.4, 0.5) is 0 Å². The Labute approximate surface area is 115 Å². The van der Waals surface area contributed by atoms with Crippen LogP contribution >= 0.6 is 0 Å². The molecule has 104 valence electrons. The number of hydrogen-bond acceptors (Lipinski definition) is 3. The molecule has 0 aliphatic carbocycles. The van der Waals surface area contributed by atoms with Crippen LogP contribution in [0.5, 0.6) is 0 Å². The molecule has 0 amide bonds. The van der Waals surface area contributed by atoms with E-state index in [4.69, 9.17) is 0 Å². The van der Waals surface area contributed by atoms with E-state index in [0.29, 0.717) is 5.69 Å². The molecule has 0 fully saturated rings. The summed E-state index contributed by atoms with van der Waals surface area (Å²) in [6.45, 7) is 7.97. The minimum Gasteiger partial charge on any atom is -0.348 e. The highest BCUT2D eigenvalue weighted by Crippen LogP contribution is 2.26. The fourth-order valence-electron chi connectivity index (χ4n) is 1.86. The molecule has 0 unspecified atom stereocenters. The summed E-state index contributed by atoms with van der Waals surface area (Å²) in [6.07, 6.45) is 1.39. The number of sulfone groups is 1. The van der Waals surface area contributed by atoms with Crippen molar-refractivity contribution in [3.63, 3.8) is 0 Å². The van der Waals surface area contributed by atoms with Gasteiger partial charge < -0.3 is 4.98 Å². The number of hydrogen-bond donors (Lipinski definition) is 1. The zero-order valence-electron chi connectivity index (χ0n) is 11.6. The number of aromatic nitrogens is 2. The molecule has 0 saturated heterocycles. The Morgan fingerprint density at radius 3 is 2.16 bits per heavy atom. The van der Waals surface area contributed by atoms with Crippen molar-refractivity contribution in [3.8, 4) is 0 Å². The van der Waals surface area contributed by atoms with E-state index in [1.54, 1.807) is 19.1 Å². The SMILES string of the molecule is Cc1[nH]cnc1S(=O)(=O)c1ccc(C(C)(C)C)cc1.[HH]. The maximum absolute atomic E-state index is 12.4. The molecule has 1 aromatic carbocycles. The average Bonchev–Trinajstić information content (AvgIpc) is 2.75. The van der Waals surface area contributed by atoms with E-state index in [2.05, 4.69) is 30.7 Å². The maximum Gasteiger partial charge on any atom is 0.225 e. The van der Waals surface area contributed by atoms with Crippen molar-refractivity contribution < 1.29 is 9.84 Å². The van der Waals surface area contributed by atoms with Crippen molar-refractivity contribution >= 4 is 9.84 Å². The highest BCUT2D eigenvalue weighted by atomic mass is 32.2. The molecule has 5 heteroatoms. The Balaban J connectivity index is 0.00000200. The summed E-state index contributed by atoms with van der Waals surface area (Å²) in [4.78, 5) is 6.96. The van der Waals surface area contributed by atoms with Crippen molar-refractivity contribution in [3.05, 3.63) is 41.9 Å². The van der Waals surface area contributed by atoms with Crippen LogP contribution in [-0.2, 0) is 15.3 Å². The van der Waals surface area contributed by atoms with Gasteiger partial charge in [0, 0.05) is 1.43 Å². The highest BCUT2D eigenvalue weighted by molar-refractivity contribution is 7.91. The van der Waals surface area contributed by atoms with Gasteiger partial charge in [0.1, 0.15) is 0 Å². The number of H-pyrrole nitrogens is 1. The monoisotopic (exact) mass is 280 g/mol. The summed E-state index contributed by atoms with van der Waals surface area (Å²) in [6, 6.07) is 7.00. The lowest BCUT2D eigenvalue weighted by Gasteiger charge is -2.19. The predicted molar refractivity (Wildman–Crippen MR) is 76.0 cm³/mol. The predicted octanol–water partition coefficient (Wildman–Crippen LogP) is 3.09. The third kappa shape index (κ3) is 2.56. The Kier molecular flexibility index (Phi) is 3.26. The van der Waals surface area contributed by atoms with Crippen LogP contribution in [0.1, 0.15) is 33.5 Å². The van der Waals surface area contributed by atoms with Crippen LogP contribution in [0.25, 0.3) is 0 Å². The smallest absolute Gasteiger partial charge is 0.225 e. The van der Waals surface area contributed by atoms with Crippen molar-refractivity contribution in [1.29, 1.82) is 0 Å². The van der Waals surface area contributed by atoms with E-state index < -0.39 is 9.84 Å². The quantitative estimate of drug-likeness (QED) is 0.919. The number of imidazole rings is 1. The molecular weight excluding hydrogens is 260 g/mol. The Bertz CT molecular complexity index is 683. The zero-order valence-corrected chi connectivity index (χ0v) is 12.4. The molecule has 4 nitrogen and oxygen atoms in total. The van der Waals surface area contributed by atoms with Gasteiger partial charge in [-0.15, -0.1) is 0 Å². The maximum atomic E-state index is 12.4. The van der Waals surface area contributed by atoms with Gasteiger partial charge in [0.15, 0.2) is 5.03 Å². The van der Waals surface area contributed by atoms with Crippen molar-refractivity contribution in [1.82, 2.24) is 9.97 Å². The molecule has 1 heterocycles. The van der Waals surface area contributed by atoms with Crippen molar-refractivity contribution in [2.45, 2.75) is 43.0 Å². The lowest BCUT2D eigenvalue weighted by molar-refractivity contribution is 0.585. The first kappa shape index (κ1) is 13.8. The molecule has 1 aromatic heterocycles. The summed E-state index contributed by atoms with van der Waals surface area (Å²) in [7, 11) is -3.53. The summed E-state index contributed by atoms with van der Waals surface area (Å²) in [5, 5.41) is 0.0935. The second kappa shape index (κ2) is 4.49. The van der Waals surface area contributed by atoms with Gasteiger partial charge in [-0.3, -0.25) is 0 Å². The summed E-state index contributed by atoms with van der Waals surface area (Å²) < 4.78 is 24.8. The number of rotatable bonds is 2. The van der Waals surface area contributed by atoms with Crippen LogP contribution in [0, 0.1) is 6.92 Å². The number of nitrogens with one attached hydrogen (secondary N) is 1. The fourth-order valence-corrected chi connectivity index (χ4v) is 3.23. The fraction of sp³-hybridized carbons (Fsp3) is 0.357. The standard InChI is InChI=1S/C14H18N2O2S.H2/c1-10-13(16-9-15-10)19(17,18)12-7-5-11(6-8-12)14(2,3)4;/h5-9H,1-4H3,(H,15,16);1H. The van der Waals surface area contributed by atoms with Gasteiger partial charge in [-0.25, -0.2) is 13.4 Å². The molecule has 0 saturated carbocycles. The van der Waals surface area contributed by atoms with Gasteiger partial charge in [0.2, 0.25) is 9.84 Å². The molecule has 0 spiro atoms. The Hall–Kier alpha value is -1.62. The number of nitrogens with zero attached hydrogens (tertiary/aromatic N) is 1. The number of benzene rings is 1. The minimum absolute atomic E-state index is 0. The third-order valence-electron chi connectivity index (χ3n) is 3.07. The molecule has 0 atom stereocenters. The first-order chi connectivity index (χ1) is 8.73. The first-order valence-corrected chi connectivity index (χ1v) is 7.57. The average molecular weight is 280 g/mol. The van der Waals surface area contributed by atoms with Crippen LogP contribution < -0.4 is 0 Å². The summed E-state index contributed by atoms with van der Waals surface area (Å²) in [5.41, 5.74) is 1.66. The number of aromatic amines is 1. The van der Waals surface area contributed by atoms with Gasteiger partial charge in [-0.05, 0) is 30.0 Å². The highest BCUT2D eigenvalue weighted by Gasteiger charge is 2.23. The van der Waals surface area contributed by atoms with Crippen LogP contribution in [-0.4, -0.2) is 18.4 Å². The first-order valence-electron chi connectivity index (χ1n) is 6.08. The molecule has 2 aromatic rings. The molecule has 0 radical (unpaired) electrons. The zero-order chi connectivity index (χ0) is 14.3. The van der Waals surface area contributed by atoms with Crippen LogP contribution in [0.2, 0.25) is 0 Å². The summed E-state index contributed by atoms with van der Waals surface area (Å²) >= 11 is 0. The Morgan fingerprint density at radius 2 is 1.74 bits per heavy atom. The molecule has 0 bridgehead atoms. The van der Waals surface area contributed by atoms with Crippen LogP contribution in [0.15, 0.2) is 40.5 Å². The molecule has 19 heavy (non-hydrogen) atoms. The molecule has 1 N–H and O–H groups in total. The lowest BCUT2D eigenvalue weighted by Crippen LogP contribution is -2.11. The van der Waals surface area contributed by atoms with Gasteiger partial charge in [0.05, 0.1) is 16.9 Å². The molecule has 2 rings (SSSR count). The molecular formula is C14H20N2O2S. The van der Waals surface area contributed by atoms with Gasteiger partial charge in [0.25, 0.3) is 0 Å². The lowest BCUT2D eigenvalue weighted by atomic mass is 9.87. The third-order valence-corrected chi connectivity index (χ3v) is 4.88. The van der Waals surface area contributed by atoms with Crippen molar-refractivity contribution in [2.24, 2.45) is 0 Å². The largest absolute Gasteiger partial charge is 0.348 e. The Morgan fingerprint density at radius 1 is 1.16 bits per heavy atom. The van der Waals surface area contributed by atoms with Gasteiger partial charge in [-0.1, -0.05) is 32.9 Å². The number of aryl methyl sites for hydroxylation is 1. The van der Waals surface area contributed by atoms with E-state index in [-0.39, 0.29) is 16.8 Å². The van der Waals surface area contributed by atoms with Gasteiger partial charge >= 0.3 is 0 Å². The second-order valence-corrected chi connectivity index (χ2v) is 7.48. The van der Waals surface area contributed by atoms with Crippen molar-refractivity contribution in [2.75, 3.05) is 0 Å². The van der Waals surface area contributed by atoms with E-state index in [1.807, 2.05) is 12.1 Å². The molecule has 0 aliphatic rings. The van der Waals surface area contributed by atoms with E-state index >= 15 is 0 Å². The topological polar surface area (TPSA) is 62.8 Å².